The van der Waals surface area contributed by atoms with Gasteiger partial charge in [-0.15, -0.1) is 0 Å². The molecule has 2 rings (SSSR count). The van der Waals surface area contributed by atoms with Crippen molar-refractivity contribution in [3.05, 3.63) is 0 Å². The lowest BCUT2D eigenvalue weighted by molar-refractivity contribution is -0.122. The van der Waals surface area contributed by atoms with Crippen LogP contribution in [0.4, 0.5) is 17.8 Å². The molecule has 1 fully saturated rings. The van der Waals surface area contributed by atoms with E-state index in [1.807, 2.05) is 19.0 Å². The standard InChI is InChI=1S/C12H21N7O/c1-13-10-16-11(18-12(17-10)19(2)3)15-7-6-14-9(20)8-4-5-8/h8H,4-7H2,1-3H3,(H,14,20)(H2,13,15,16,17,18). The van der Waals surface area contributed by atoms with Crippen LogP contribution in [0.3, 0.4) is 0 Å². The first-order valence-electron chi connectivity index (χ1n) is 6.73. The molecule has 0 unspecified atom stereocenters. The summed E-state index contributed by atoms with van der Waals surface area (Å²) in [6.07, 6.45) is 2.04. The number of nitrogens with zero attached hydrogens (tertiary/aromatic N) is 4. The Morgan fingerprint density at radius 1 is 1.20 bits per heavy atom. The predicted molar refractivity (Wildman–Crippen MR) is 77.9 cm³/mol. The van der Waals surface area contributed by atoms with Crippen molar-refractivity contribution >= 4 is 23.8 Å². The first-order chi connectivity index (χ1) is 9.60. The number of amides is 1. The molecule has 1 amide bonds. The highest BCUT2D eigenvalue weighted by Gasteiger charge is 2.28. The zero-order chi connectivity index (χ0) is 14.5. The SMILES string of the molecule is CNc1nc(NCCNC(=O)C2CC2)nc(N(C)C)n1. The molecule has 8 heteroatoms. The Morgan fingerprint density at radius 2 is 1.90 bits per heavy atom. The maximum absolute atomic E-state index is 11.5. The lowest BCUT2D eigenvalue weighted by Gasteiger charge is -2.13. The summed E-state index contributed by atoms with van der Waals surface area (Å²) < 4.78 is 0. The highest BCUT2D eigenvalue weighted by Crippen LogP contribution is 2.28. The second-order valence-corrected chi connectivity index (χ2v) is 4.92. The molecular weight excluding hydrogens is 258 g/mol. The molecule has 0 bridgehead atoms. The molecule has 3 N–H and O–H groups in total. The van der Waals surface area contributed by atoms with Gasteiger partial charge in [0.1, 0.15) is 0 Å². The van der Waals surface area contributed by atoms with E-state index in [9.17, 15) is 4.79 Å². The van der Waals surface area contributed by atoms with Crippen LogP contribution < -0.4 is 20.9 Å². The summed E-state index contributed by atoms with van der Waals surface area (Å²) >= 11 is 0. The van der Waals surface area contributed by atoms with E-state index in [1.54, 1.807) is 7.05 Å². The molecule has 1 saturated carbocycles. The van der Waals surface area contributed by atoms with Gasteiger partial charge in [0, 0.05) is 40.2 Å². The zero-order valence-corrected chi connectivity index (χ0v) is 12.1. The van der Waals surface area contributed by atoms with Crippen molar-refractivity contribution in [2.75, 3.05) is 49.8 Å². The molecule has 1 aromatic rings. The molecule has 0 spiro atoms. The largest absolute Gasteiger partial charge is 0.357 e. The summed E-state index contributed by atoms with van der Waals surface area (Å²) in [5, 5.41) is 8.86. The summed E-state index contributed by atoms with van der Waals surface area (Å²) in [7, 11) is 5.50. The van der Waals surface area contributed by atoms with E-state index >= 15 is 0 Å². The smallest absolute Gasteiger partial charge is 0.231 e. The van der Waals surface area contributed by atoms with E-state index in [0.29, 0.717) is 30.9 Å². The van der Waals surface area contributed by atoms with E-state index in [2.05, 4.69) is 30.9 Å². The van der Waals surface area contributed by atoms with Crippen LogP contribution in [-0.4, -0.2) is 55.1 Å². The maximum Gasteiger partial charge on any atom is 0.231 e. The lowest BCUT2D eigenvalue weighted by Crippen LogP contribution is -2.30. The number of hydrogen-bond donors (Lipinski definition) is 3. The van der Waals surface area contributed by atoms with Gasteiger partial charge in [0.05, 0.1) is 0 Å². The van der Waals surface area contributed by atoms with Crippen LogP contribution >= 0.6 is 0 Å². The Balaban J connectivity index is 1.84. The molecule has 20 heavy (non-hydrogen) atoms. The van der Waals surface area contributed by atoms with E-state index in [-0.39, 0.29) is 11.8 Å². The Kier molecular flexibility index (Phi) is 4.54. The quantitative estimate of drug-likeness (QED) is 0.601. The van der Waals surface area contributed by atoms with E-state index in [1.165, 1.54) is 0 Å². The lowest BCUT2D eigenvalue weighted by atomic mass is 10.4. The molecule has 0 saturated heterocycles. The first kappa shape index (κ1) is 14.3. The number of aromatic nitrogens is 3. The van der Waals surface area contributed by atoms with Gasteiger partial charge < -0.3 is 20.9 Å². The third-order valence-corrected chi connectivity index (χ3v) is 2.90. The molecule has 0 aromatic carbocycles. The summed E-state index contributed by atoms with van der Waals surface area (Å²) in [4.78, 5) is 26.0. The Labute approximate surface area is 118 Å². The molecule has 110 valence electrons. The van der Waals surface area contributed by atoms with Crippen LogP contribution in [0.2, 0.25) is 0 Å². The van der Waals surface area contributed by atoms with E-state index < -0.39 is 0 Å². The first-order valence-corrected chi connectivity index (χ1v) is 6.73. The average Bonchev–Trinajstić information content (AvgIpc) is 3.27. The van der Waals surface area contributed by atoms with Crippen molar-refractivity contribution in [3.63, 3.8) is 0 Å². The summed E-state index contributed by atoms with van der Waals surface area (Å²) in [5.41, 5.74) is 0. The number of carbonyl (C=O) groups is 1. The van der Waals surface area contributed by atoms with Crippen LogP contribution in [0.15, 0.2) is 0 Å². The van der Waals surface area contributed by atoms with E-state index in [4.69, 9.17) is 0 Å². The normalized spacial score (nSPS) is 13.8. The molecule has 1 aromatic heterocycles. The number of hydrogen-bond acceptors (Lipinski definition) is 7. The van der Waals surface area contributed by atoms with Crippen LogP contribution in [0.25, 0.3) is 0 Å². The van der Waals surface area contributed by atoms with Gasteiger partial charge in [0.25, 0.3) is 0 Å². The second kappa shape index (κ2) is 6.36. The Morgan fingerprint density at radius 3 is 2.50 bits per heavy atom. The molecule has 0 aliphatic heterocycles. The number of anilines is 3. The second-order valence-electron chi connectivity index (χ2n) is 4.92. The maximum atomic E-state index is 11.5. The van der Waals surface area contributed by atoms with Gasteiger partial charge in [-0.05, 0) is 12.8 Å². The number of rotatable bonds is 7. The average molecular weight is 279 g/mol. The molecule has 0 atom stereocenters. The predicted octanol–water partition coefficient (Wildman–Crippen LogP) is -0.0826. The van der Waals surface area contributed by atoms with Gasteiger partial charge in [0.15, 0.2) is 0 Å². The monoisotopic (exact) mass is 279 g/mol. The van der Waals surface area contributed by atoms with Gasteiger partial charge in [-0.2, -0.15) is 15.0 Å². The Bertz CT molecular complexity index is 473. The van der Waals surface area contributed by atoms with Crippen LogP contribution in [0, 0.1) is 5.92 Å². The van der Waals surface area contributed by atoms with Crippen molar-refractivity contribution in [3.8, 4) is 0 Å². The molecule has 8 nitrogen and oxygen atoms in total. The summed E-state index contributed by atoms with van der Waals surface area (Å²) in [5.74, 6) is 1.96. The van der Waals surface area contributed by atoms with Crippen LogP contribution in [0.5, 0.6) is 0 Å². The molecular formula is C12H21N7O. The molecule has 1 aliphatic rings. The topological polar surface area (TPSA) is 95.1 Å². The number of carbonyl (C=O) groups excluding carboxylic acids is 1. The van der Waals surface area contributed by atoms with Crippen molar-refractivity contribution < 1.29 is 4.79 Å². The third kappa shape index (κ3) is 3.94. The minimum atomic E-state index is 0.146. The van der Waals surface area contributed by atoms with Crippen molar-refractivity contribution in [2.24, 2.45) is 5.92 Å². The minimum Gasteiger partial charge on any atom is -0.357 e. The minimum absolute atomic E-state index is 0.146. The Hall–Kier alpha value is -2.12. The van der Waals surface area contributed by atoms with Gasteiger partial charge in [0.2, 0.25) is 23.8 Å². The highest BCUT2D eigenvalue weighted by atomic mass is 16.2. The van der Waals surface area contributed by atoms with Gasteiger partial charge in [-0.25, -0.2) is 0 Å². The van der Waals surface area contributed by atoms with Crippen molar-refractivity contribution in [1.82, 2.24) is 20.3 Å². The third-order valence-electron chi connectivity index (χ3n) is 2.90. The number of nitrogens with one attached hydrogen (secondary N) is 3. The fourth-order valence-electron chi connectivity index (χ4n) is 1.61. The van der Waals surface area contributed by atoms with Crippen LogP contribution in [0.1, 0.15) is 12.8 Å². The zero-order valence-electron chi connectivity index (χ0n) is 12.1. The molecule has 0 radical (unpaired) electrons. The van der Waals surface area contributed by atoms with E-state index in [0.717, 1.165) is 12.8 Å². The van der Waals surface area contributed by atoms with Gasteiger partial charge in [-0.3, -0.25) is 4.79 Å². The van der Waals surface area contributed by atoms with Gasteiger partial charge in [-0.1, -0.05) is 0 Å². The summed E-state index contributed by atoms with van der Waals surface area (Å²) in [6, 6.07) is 0. The highest BCUT2D eigenvalue weighted by molar-refractivity contribution is 5.80. The van der Waals surface area contributed by atoms with Crippen molar-refractivity contribution in [1.29, 1.82) is 0 Å². The van der Waals surface area contributed by atoms with Crippen molar-refractivity contribution in [2.45, 2.75) is 12.8 Å². The fraction of sp³-hybridized carbons (Fsp3) is 0.667. The molecule has 1 aliphatic carbocycles. The van der Waals surface area contributed by atoms with Gasteiger partial charge >= 0.3 is 0 Å². The fourth-order valence-corrected chi connectivity index (χ4v) is 1.61. The summed E-state index contributed by atoms with van der Waals surface area (Å²) in [6.45, 7) is 1.14. The molecule has 1 heterocycles. The van der Waals surface area contributed by atoms with Crippen LogP contribution in [-0.2, 0) is 4.79 Å².